The molecule has 0 bridgehead atoms. The number of thiophene rings is 1. The smallest absolute Gasteiger partial charge is 0.322 e. The molecular weight excluding hydrogens is 210 g/mol. The van der Waals surface area contributed by atoms with Gasteiger partial charge in [0.05, 0.1) is 7.11 Å². The lowest BCUT2D eigenvalue weighted by Gasteiger charge is -2.17. The second-order valence-electron chi connectivity index (χ2n) is 3.60. The van der Waals surface area contributed by atoms with Crippen molar-refractivity contribution in [3.63, 3.8) is 0 Å². The van der Waals surface area contributed by atoms with Gasteiger partial charge in [-0.3, -0.25) is 4.79 Å². The topological polar surface area (TPSA) is 38.3 Å². The van der Waals surface area contributed by atoms with Crippen molar-refractivity contribution >= 4 is 17.3 Å². The summed E-state index contributed by atoms with van der Waals surface area (Å²) in [5.41, 5.74) is 0. The molecule has 0 aliphatic carbocycles. The Bertz CT molecular complexity index is 298. The molecule has 1 heterocycles. The summed E-state index contributed by atoms with van der Waals surface area (Å²) in [4.78, 5) is 12.5. The molecule has 0 saturated carbocycles. The van der Waals surface area contributed by atoms with Crippen LogP contribution in [-0.2, 0) is 16.0 Å². The average molecular weight is 227 g/mol. The molecule has 2 atom stereocenters. The molecule has 0 aliphatic rings. The molecule has 0 saturated heterocycles. The lowest BCUT2D eigenvalue weighted by atomic mass is 10.2. The lowest BCUT2D eigenvalue weighted by molar-refractivity contribution is -0.142. The van der Waals surface area contributed by atoms with Gasteiger partial charge in [0.2, 0.25) is 0 Å². The van der Waals surface area contributed by atoms with Crippen molar-refractivity contribution < 1.29 is 9.53 Å². The number of esters is 1. The van der Waals surface area contributed by atoms with Crippen LogP contribution in [-0.4, -0.2) is 25.2 Å². The Morgan fingerprint density at radius 1 is 1.60 bits per heavy atom. The summed E-state index contributed by atoms with van der Waals surface area (Å²) < 4.78 is 4.65. The molecule has 1 rings (SSSR count). The second-order valence-corrected chi connectivity index (χ2v) is 4.63. The second kappa shape index (κ2) is 5.88. The summed E-state index contributed by atoms with van der Waals surface area (Å²) in [6, 6.07) is 4.17. The zero-order chi connectivity index (χ0) is 11.3. The highest BCUT2D eigenvalue weighted by Gasteiger charge is 2.15. The highest BCUT2D eigenvalue weighted by molar-refractivity contribution is 7.09. The van der Waals surface area contributed by atoms with Gasteiger partial charge in [-0.05, 0) is 31.7 Å². The first-order valence-corrected chi connectivity index (χ1v) is 5.87. The number of methoxy groups -OCH3 is 1. The van der Waals surface area contributed by atoms with Crippen molar-refractivity contribution in [1.29, 1.82) is 0 Å². The number of hydrogen-bond acceptors (Lipinski definition) is 4. The van der Waals surface area contributed by atoms with Crippen LogP contribution in [0, 0.1) is 0 Å². The van der Waals surface area contributed by atoms with Crippen LogP contribution in [0.15, 0.2) is 17.5 Å². The maximum Gasteiger partial charge on any atom is 0.322 e. The van der Waals surface area contributed by atoms with E-state index >= 15 is 0 Å². The maximum atomic E-state index is 11.2. The molecule has 3 nitrogen and oxygen atoms in total. The highest BCUT2D eigenvalue weighted by Crippen LogP contribution is 2.11. The molecule has 0 amide bonds. The standard InChI is InChI=1S/C11H17NO2S/c1-8(7-10-5-4-6-15-10)12-9(2)11(13)14-3/h4-6,8-9,12H,7H2,1-3H3. The lowest BCUT2D eigenvalue weighted by Crippen LogP contribution is -2.41. The molecule has 2 unspecified atom stereocenters. The van der Waals surface area contributed by atoms with E-state index in [1.165, 1.54) is 12.0 Å². The fourth-order valence-electron chi connectivity index (χ4n) is 1.46. The quantitative estimate of drug-likeness (QED) is 0.780. The van der Waals surface area contributed by atoms with Crippen molar-refractivity contribution in [2.24, 2.45) is 0 Å². The Kier molecular flexibility index (Phi) is 4.78. The molecule has 1 aromatic heterocycles. The molecule has 4 heteroatoms. The largest absolute Gasteiger partial charge is 0.468 e. The number of carbonyl (C=O) groups excluding carboxylic acids is 1. The van der Waals surface area contributed by atoms with Crippen LogP contribution < -0.4 is 5.32 Å². The van der Waals surface area contributed by atoms with Gasteiger partial charge in [0.15, 0.2) is 0 Å². The molecule has 15 heavy (non-hydrogen) atoms. The minimum absolute atomic E-state index is 0.215. The molecule has 0 spiro atoms. The van der Waals surface area contributed by atoms with Crippen LogP contribution in [0.1, 0.15) is 18.7 Å². The van der Waals surface area contributed by atoms with Crippen LogP contribution in [0.5, 0.6) is 0 Å². The zero-order valence-electron chi connectivity index (χ0n) is 9.32. The van der Waals surface area contributed by atoms with Crippen molar-refractivity contribution in [3.8, 4) is 0 Å². The van der Waals surface area contributed by atoms with Crippen molar-refractivity contribution in [2.75, 3.05) is 7.11 Å². The van der Waals surface area contributed by atoms with E-state index in [9.17, 15) is 4.79 Å². The van der Waals surface area contributed by atoms with Gasteiger partial charge < -0.3 is 10.1 Å². The van der Waals surface area contributed by atoms with Crippen molar-refractivity contribution in [3.05, 3.63) is 22.4 Å². The third-order valence-corrected chi connectivity index (χ3v) is 3.08. The van der Waals surface area contributed by atoms with Gasteiger partial charge in [0.1, 0.15) is 6.04 Å². The highest BCUT2D eigenvalue weighted by atomic mass is 32.1. The number of nitrogens with one attached hydrogen (secondary N) is 1. The Hall–Kier alpha value is -0.870. The first-order chi connectivity index (χ1) is 7.13. The molecule has 0 aliphatic heterocycles. The van der Waals surface area contributed by atoms with E-state index < -0.39 is 0 Å². The Morgan fingerprint density at radius 3 is 2.87 bits per heavy atom. The fraction of sp³-hybridized carbons (Fsp3) is 0.545. The van der Waals surface area contributed by atoms with E-state index in [0.717, 1.165) is 6.42 Å². The van der Waals surface area contributed by atoms with Crippen LogP contribution in [0.3, 0.4) is 0 Å². The average Bonchev–Trinajstić information content (AvgIpc) is 2.68. The molecule has 0 aromatic carbocycles. The predicted molar refractivity (Wildman–Crippen MR) is 62.1 cm³/mol. The molecule has 1 aromatic rings. The normalized spacial score (nSPS) is 14.6. The van der Waals surface area contributed by atoms with E-state index in [1.807, 2.05) is 13.0 Å². The van der Waals surface area contributed by atoms with E-state index in [1.54, 1.807) is 11.3 Å². The van der Waals surface area contributed by atoms with Gasteiger partial charge in [-0.2, -0.15) is 0 Å². The van der Waals surface area contributed by atoms with Crippen LogP contribution in [0.2, 0.25) is 0 Å². The number of hydrogen-bond donors (Lipinski definition) is 1. The maximum absolute atomic E-state index is 11.2. The Morgan fingerprint density at radius 2 is 2.33 bits per heavy atom. The van der Waals surface area contributed by atoms with Crippen LogP contribution in [0.25, 0.3) is 0 Å². The molecule has 84 valence electrons. The van der Waals surface area contributed by atoms with Crippen LogP contribution >= 0.6 is 11.3 Å². The SMILES string of the molecule is COC(=O)C(C)NC(C)Cc1cccs1. The van der Waals surface area contributed by atoms with Gasteiger partial charge in [-0.25, -0.2) is 0 Å². The summed E-state index contributed by atoms with van der Waals surface area (Å²) in [5.74, 6) is -0.215. The van der Waals surface area contributed by atoms with E-state index in [-0.39, 0.29) is 18.1 Å². The minimum Gasteiger partial charge on any atom is -0.468 e. The van der Waals surface area contributed by atoms with Gasteiger partial charge >= 0.3 is 5.97 Å². The fourth-order valence-corrected chi connectivity index (χ4v) is 2.30. The van der Waals surface area contributed by atoms with Crippen molar-refractivity contribution in [1.82, 2.24) is 5.32 Å². The summed E-state index contributed by atoms with van der Waals surface area (Å²) in [7, 11) is 1.41. The monoisotopic (exact) mass is 227 g/mol. The number of carbonyl (C=O) groups is 1. The van der Waals surface area contributed by atoms with Gasteiger partial charge in [-0.15, -0.1) is 11.3 Å². The summed E-state index contributed by atoms with van der Waals surface area (Å²) in [5, 5.41) is 5.26. The number of rotatable bonds is 5. The van der Waals surface area contributed by atoms with Crippen molar-refractivity contribution in [2.45, 2.75) is 32.4 Å². The molecule has 1 N–H and O–H groups in total. The van der Waals surface area contributed by atoms with Gasteiger partial charge in [0.25, 0.3) is 0 Å². The predicted octanol–water partition coefficient (Wildman–Crippen LogP) is 1.83. The number of ether oxygens (including phenoxy) is 1. The minimum atomic E-state index is -0.245. The third kappa shape index (κ3) is 4.01. The Labute approximate surface area is 94.5 Å². The van der Waals surface area contributed by atoms with Gasteiger partial charge in [-0.1, -0.05) is 6.07 Å². The summed E-state index contributed by atoms with van der Waals surface area (Å²) in [6.07, 6.45) is 0.943. The van der Waals surface area contributed by atoms with Crippen LogP contribution in [0.4, 0.5) is 0 Å². The van der Waals surface area contributed by atoms with E-state index in [0.29, 0.717) is 0 Å². The zero-order valence-corrected chi connectivity index (χ0v) is 10.1. The molecular formula is C11H17NO2S. The van der Waals surface area contributed by atoms with Gasteiger partial charge in [0, 0.05) is 10.9 Å². The Balaban J connectivity index is 2.35. The third-order valence-electron chi connectivity index (χ3n) is 2.18. The summed E-state index contributed by atoms with van der Waals surface area (Å²) >= 11 is 1.74. The van der Waals surface area contributed by atoms with E-state index in [2.05, 4.69) is 28.4 Å². The molecule has 0 fully saturated rings. The summed E-state index contributed by atoms with van der Waals surface area (Å²) in [6.45, 7) is 3.88. The van der Waals surface area contributed by atoms with E-state index in [4.69, 9.17) is 0 Å². The molecule has 0 radical (unpaired) electrons. The first kappa shape index (κ1) is 12.2. The first-order valence-electron chi connectivity index (χ1n) is 4.99.